The van der Waals surface area contributed by atoms with Crippen LogP contribution in [0.25, 0.3) is 6.08 Å². The number of nitrogens with zero attached hydrogens (tertiary/aromatic N) is 2. The van der Waals surface area contributed by atoms with E-state index in [1.165, 1.54) is 12.4 Å². The minimum atomic E-state index is -0.468. The fourth-order valence-corrected chi connectivity index (χ4v) is 2.99. The lowest BCUT2D eigenvalue weighted by atomic mass is 10.1. The topological polar surface area (TPSA) is 107 Å². The number of imide groups is 1. The Labute approximate surface area is 169 Å². The molecule has 0 unspecified atom stereocenters. The molecular formula is C18H14ClN3O5S. The number of nitrogens with one attached hydrogen (secondary N) is 1. The van der Waals surface area contributed by atoms with Gasteiger partial charge in [0.15, 0.2) is 5.15 Å². The van der Waals surface area contributed by atoms with E-state index in [4.69, 9.17) is 21.1 Å². The predicted molar refractivity (Wildman–Crippen MR) is 103 cm³/mol. The molecule has 28 heavy (non-hydrogen) atoms. The van der Waals surface area contributed by atoms with Gasteiger partial charge in [0, 0.05) is 6.42 Å². The van der Waals surface area contributed by atoms with Gasteiger partial charge in [0.05, 0.1) is 36.1 Å². The second-order valence-electron chi connectivity index (χ2n) is 5.49. The van der Waals surface area contributed by atoms with Crippen LogP contribution in [0.3, 0.4) is 0 Å². The molecule has 8 nitrogen and oxygen atoms in total. The van der Waals surface area contributed by atoms with Crippen LogP contribution in [0.4, 0.5) is 4.79 Å². The third-order valence-corrected chi connectivity index (χ3v) is 4.43. The smallest absolute Gasteiger partial charge is 0.338 e. The predicted octanol–water partition coefficient (Wildman–Crippen LogP) is 3.08. The van der Waals surface area contributed by atoms with Crippen LogP contribution in [0, 0.1) is 0 Å². The maximum atomic E-state index is 12.0. The maximum absolute atomic E-state index is 12.0. The molecule has 0 spiro atoms. The van der Waals surface area contributed by atoms with Crippen molar-refractivity contribution >= 4 is 46.6 Å². The maximum Gasteiger partial charge on any atom is 0.338 e. The number of ether oxygens (including phenoxy) is 2. The van der Waals surface area contributed by atoms with Gasteiger partial charge in [-0.3, -0.25) is 19.9 Å². The fourth-order valence-electron chi connectivity index (χ4n) is 2.17. The minimum absolute atomic E-state index is 0.178. The highest BCUT2D eigenvalue weighted by Crippen LogP contribution is 2.25. The number of benzene rings is 1. The van der Waals surface area contributed by atoms with Gasteiger partial charge in [0.2, 0.25) is 5.88 Å². The second kappa shape index (κ2) is 9.34. The molecule has 0 aliphatic carbocycles. The van der Waals surface area contributed by atoms with E-state index in [2.05, 4.69) is 15.3 Å². The number of carbonyl (C=O) groups excluding carboxylic acids is 3. The molecule has 1 fully saturated rings. The van der Waals surface area contributed by atoms with Crippen LogP contribution < -0.4 is 10.1 Å². The number of carbonyl (C=O) groups is 3. The number of hydrogen-bond acceptors (Lipinski definition) is 8. The van der Waals surface area contributed by atoms with Gasteiger partial charge in [-0.15, -0.1) is 0 Å². The number of esters is 1. The average molecular weight is 420 g/mol. The number of amides is 2. The van der Waals surface area contributed by atoms with Crippen molar-refractivity contribution in [1.82, 2.24) is 15.3 Å². The van der Waals surface area contributed by atoms with Crippen molar-refractivity contribution in [2.45, 2.75) is 6.42 Å². The number of aromatic nitrogens is 2. The zero-order valence-corrected chi connectivity index (χ0v) is 16.0. The molecule has 0 saturated carbocycles. The first-order chi connectivity index (χ1) is 13.5. The van der Waals surface area contributed by atoms with E-state index >= 15 is 0 Å². The van der Waals surface area contributed by atoms with Crippen molar-refractivity contribution in [2.75, 3.05) is 13.2 Å². The summed E-state index contributed by atoms with van der Waals surface area (Å²) in [5.74, 6) is -0.589. The summed E-state index contributed by atoms with van der Waals surface area (Å²) in [5, 5.41) is 2.02. The van der Waals surface area contributed by atoms with Crippen LogP contribution in [0.1, 0.15) is 22.3 Å². The van der Waals surface area contributed by atoms with Gasteiger partial charge >= 0.3 is 5.97 Å². The summed E-state index contributed by atoms with van der Waals surface area (Å²) in [5.41, 5.74) is 1.07. The van der Waals surface area contributed by atoms with Gasteiger partial charge in [-0.05, 0) is 35.5 Å². The summed E-state index contributed by atoms with van der Waals surface area (Å²) in [6, 6.07) is 6.51. The van der Waals surface area contributed by atoms with Crippen molar-refractivity contribution in [3.8, 4) is 5.88 Å². The Kier molecular flexibility index (Phi) is 6.62. The first-order valence-electron chi connectivity index (χ1n) is 8.13. The molecule has 1 aliphatic rings. The number of hydrogen-bond donors (Lipinski definition) is 1. The highest BCUT2D eigenvalue weighted by molar-refractivity contribution is 8.18. The molecule has 0 atom stereocenters. The summed E-state index contributed by atoms with van der Waals surface area (Å²) < 4.78 is 10.5. The van der Waals surface area contributed by atoms with Crippen LogP contribution in [0.15, 0.2) is 41.6 Å². The van der Waals surface area contributed by atoms with Gasteiger partial charge in [0.25, 0.3) is 11.1 Å². The lowest BCUT2D eigenvalue weighted by Gasteiger charge is -2.07. The molecule has 0 bridgehead atoms. The molecule has 1 aliphatic heterocycles. The molecule has 2 heterocycles. The SMILES string of the molecule is O=C1NC(=O)/C(=C\c2ccc(C(=O)OCCCOc3cncc(Cl)n3)cc2)S1. The van der Waals surface area contributed by atoms with Crippen LogP contribution in [0.5, 0.6) is 5.88 Å². The Hall–Kier alpha value is -2.91. The molecule has 1 N–H and O–H groups in total. The van der Waals surface area contributed by atoms with Crippen LogP contribution in [0.2, 0.25) is 5.15 Å². The summed E-state index contributed by atoms with van der Waals surface area (Å²) >= 11 is 6.54. The third-order valence-electron chi connectivity index (χ3n) is 3.44. The van der Waals surface area contributed by atoms with Gasteiger partial charge < -0.3 is 9.47 Å². The Morgan fingerprint density at radius 2 is 1.96 bits per heavy atom. The van der Waals surface area contributed by atoms with Gasteiger partial charge in [-0.2, -0.15) is 4.98 Å². The first-order valence-corrected chi connectivity index (χ1v) is 9.33. The average Bonchev–Trinajstić information content (AvgIpc) is 2.99. The molecule has 2 amide bonds. The molecule has 2 aromatic rings. The van der Waals surface area contributed by atoms with Crippen molar-refractivity contribution < 1.29 is 23.9 Å². The van der Waals surface area contributed by atoms with E-state index in [-0.39, 0.29) is 11.8 Å². The van der Waals surface area contributed by atoms with E-state index in [1.54, 1.807) is 30.3 Å². The highest BCUT2D eigenvalue weighted by atomic mass is 35.5. The summed E-state index contributed by atoms with van der Waals surface area (Å²) in [4.78, 5) is 42.8. The number of rotatable bonds is 7. The van der Waals surface area contributed by atoms with Crippen molar-refractivity contribution in [3.63, 3.8) is 0 Å². The number of halogens is 1. The van der Waals surface area contributed by atoms with Gasteiger partial charge in [-0.1, -0.05) is 23.7 Å². The van der Waals surface area contributed by atoms with Crippen molar-refractivity contribution in [1.29, 1.82) is 0 Å². The summed E-state index contributed by atoms with van der Waals surface area (Å²) in [6.45, 7) is 0.477. The molecule has 1 aromatic carbocycles. The van der Waals surface area contributed by atoms with E-state index in [1.807, 2.05) is 0 Å². The zero-order chi connectivity index (χ0) is 19.9. The fraction of sp³-hybridized carbons (Fsp3) is 0.167. The van der Waals surface area contributed by atoms with Gasteiger partial charge in [0.1, 0.15) is 0 Å². The Morgan fingerprint density at radius 3 is 2.64 bits per heavy atom. The standard InChI is InChI=1S/C18H14ClN3O5S/c19-14-9-20-10-15(21-14)26-6-1-7-27-17(24)12-4-2-11(3-5-12)8-13-16(23)22-18(25)28-13/h2-5,8-10H,1,6-7H2,(H,22,23,25)/b13-8+. The summed E-state index contributed by atoms with van der Waals surface area (Å²) in [6.07, 6.45) is 4.90. The lowest BCUT2D eigenvalue weighted by molar-refractivity contribution is -0.115. The zero-order valence-electron chi connectivity index (χ0n) is 14.4. The highest BCUT2D eigenvalue weighted by Gasteiger charge is 2.24. The van der Waals surface area contributed by atoms with E-state index in [0.717, 1.165) is 11.8 Å². The largest absolute Gasteiger partial charge is 0.476 e. The lowest BCUT2D eigenvalue weighted by Crippen LogP contribution is -2.17. The third kappa shape index (κ3) is 5.54. The first kappa shape index (κ1) is 19.8. The normalized spacial score (nSPS) is 14.8. The van der Waals surface area contributed by atoms with Crippen LogP contribution >= 0.6 is 23.4 Å². The molecule has 0 radical (unpaired) electrons. The second-order valence-corrected chi connectivity index (χ2v) is 6.89. The molecule has 3 rings (SSSR count). The summed E-state index contributed by atoms with van der Waals surface area (Å²) in [7, 11) is 0. The Bertz CT molecular complexity index is 933. The van der Waals surface area contributed by atoms with Crippen molar-refractivity contribution in [3.05, 3.63) is 57.8 Å². The molecule has 10 heteroatoms. The van der Waals surface area contributed by atoms with Crippen LogP contribution in [-0.2, 0) is 9.53 Å². The van der Waals surface area contributed by atoms with Crippen molar-refractivity contribution in [2.24, 2.45) is 0 Å². The molecule has 1 aromatic heterocycles. The van der Waals surface area contributed by atoms with E-state index in [0.29, 0.717) is 34.9 Å². The van der Waals surface area contributed by atoms with E-state index < -0.39 is 17.1 Å². The molecule has 144 valence electrons. The molecule has 1 saturated heterocycles. The van der Waals surface area contributed by atoms with Crippen LogP contribution in [-0.4, -0.2) is 40.3 Å². The van der Waals surface area contributed by atoms with Gasteiger partial charge in [-0.25, -0.2) is 4.79 Å². The van der Waals surface area contributed by atoms with E-state index in [9.17, 15) is 14.4 Å². The molecular weight excluding hydrogens is 406 g/mol. The quantitative estimate of drug-likeness (QED) is 0.414. The Morgan fingerprint density at radius 1 is 1.18 bits per heavy atom. The monoisotopic (exact) mass is 419 g/mol. The number of thioether (sulfide) groups is 1. The minimum Gasteiger partial charge on any atom is -0.476 e. The Balaban J connectivity index is 1.44.